The molecule has 7 nitrogen and oxygen atoms in total. The van der Waals surface area contributed by atoms with Crippen molar-refractivity contribution in [3.8, 4) is 0 Å². The molecule has 3 aliphatic rings. The highest BCUT2D eigenvalue weighted by Gasteiger charge is 2.76. The number of rotatable bonds is 11. The second-order valence-corrected chi connectivity index (χ2v) is 13.6. The molecule has 2 amide bonds. The molecule has 2 bridgehead atoms. The van der Waals surface area contributed by atoms with Crippen molar-refractivity contribution in [2.45, 2.75) is 53.6 Å². The number of aliphatic hydroxyl groups is 1. The van der Waals surface area contributed by atoms with E-state index >= 15 is 0 Å². The van der Waals surface area contributed by atoms with Crippen LogP contribution >= 0.6 is 39.3 Å². The minimum absolute atomic E-state index is 0.0475. The van der Waals surface area contributed by atoms with Gasteiger partial charge in [-0.25, -0.2) is 0 Å². The average molecular weight is 626 g/mol. The summed E-state index contributed by atoms with van der Waals surface area (Å²) in [7, 11) is 0. The van der Waals surface area contributed by atoms with Gasteiger partial charge in [-0.15, -0.1) is 18.3 Å². The first-order chi connectivity index (χ1) is 18.1. The molecule has 1 spiro atoms. The Hall–Kier alpha value is -1.81. The lowest BCUT2D eigenvalue weighted by atomic mass is 9.71. The van der Waals surface area contributed by atoms with Gasteiger partial charge < -0.3 is 19.6 Å². The summed E-state index contributed by atoms with van der Waals surface area (Å²) in [6.45, 7) is 11.4. The number of carbonyl (C=O) groups is 3. The zero-order valence-electron chi connectivity index (χ0n) is 21.6. The van der Waals surface area contributed by atoms with Crippen LogP contribution in [0.1, 0.15) is 26.7 Å². The lowest BCUT2D eigenvalue weighted by Gasteiger charge is -2.40. The van der Waals surface area contributed by atoms with Crippen LogP contribution in [0.15, 0.2) is 49.6 Å². The van der Waals surface area contributed by atoms with E-state index in [1.807, 2.05) is 13.8 Å². The molecule has 10 heteroatoms. The number of nitrogens with zero attached hydrogens (tertiary/aromatic N) is 2. The molecular weight excluding hydrogens is 592 g/mol. The number of para-hydroxylation sites is 1. The predicted molar refractivity (Wildman–Crippen MR) is 155 cm³/mol. The Morgan fingerprint density at radius 3 is 2.66 bits per heavy atom. The van der Waals surface area contributed by atoms with Crippen molar-refractivity contribution < 1.29 is 24.2 Å². The van der Waals surface area contributed by atoms with Crippen molar-refractivity contribution in [3.63, 3.8) is 0 Å². The number of hydrogen-bond acceptors (Lipinski definition) is 6. The van der Waals surface area contributed by atoms with Gasteiger partial charge >= 0.3 is 5.97 Å². The SMILES string of the molecule is C=CCOC(=O)[C@H]1[C@@H]2SC3(CC2Br)C(C(=O)N(CC=C)c2ccccc2Cl)N([C@@H](CO)CC(C)C)C(=O)[C@H]13. The van der Waals surface area contributed by atoms with Crippen LogP contribution in [-0.4, -0.2) is 74.5 Å². The number of halogens is 2. The standard InChI is InChI=1S/C28H34BrClN2O5S/c1-5-11-31(20-10-8-7-9-19(20)30)26(35)24-28-14-18(29)23(38-28)21(27(36)37-12-6-2)22(28)25(34)32(24)17(15-33)13-16(3)4/h5-10,16-18,21-24,33H,1-2,11-15H2,3-4H3/t17-,18?,21-,22+,23-,24?,28?/m1/s1. The number of carbonyl (C=O) groups excluding carboxylic acids is 3. The first-order valence-electron chi connectivity index (χ1n) is 12.8. The molecule has 3 heterocycles. The Morgan fingerprint density at radius 2 is 2.05 bits per heavy atom. The molecule has 1 aromatic carbocycles. The van der Waals surface area contributed by atoms with Gasteiger partial charge in [0.15, 0.2) is 0 Å². The van der Waals surface area contributed by atoms with E-state index in [4.69, 9.17) is 16.3 Å². The monoisotopic (exact) mass is 624 g/mol. The molecule has 3 unspecified atom stereocenters. The Kier molecular flexibility index (Phi) is 9.02. The third kappa shape index (κ3) is 4.84. The van der Waals surface area contributed by atoms with Crippen LogP contribution in [0, 0.1) is 17.8 Å². The van der Waals surface area contributed by atoms with Crippen molar-refractivity contribution >= 4 is 62.8 Å². The fourth-order valence-electron chi connectivity index (χ4n) is 6.32. The van der Waals surface area contributed by atoms with Crippen molar-refractivity contribution in [1.29, 1.82) is 0 Å². The number of aliphatic hydroxyl groups excluding tert-OH is 1. The summed E-state index contributed by atoms with van der Waals surface area (Å²) < 4.78 is 4.58. The van der Waals surface area contributed by atoms with Crippen LogP contribution in [0.3, 0.4) is 0 Å². The van der Waals surface area contributed by atoms with Crippen molar-refractivity contribution in [3.05, 3.63) is 54.6 Å². The second-order valence-electron chi connectivity index (χ2n) is 10.5. The highest BCUT2D eigenvalue weighted by molar-refractivity contribution is 9.09. The molecule has 4 rings (SSSR count). The van der Waals surface area contributed by atoms with Crippen LogP contribution in [0.4, 0.5) is 5.69 Å². The molecular formula is C28H34BrClN2O5S. The lowest BCUT2D eigenvalue weighted by molar-refractivity contribution is -0.153. The van der Waals surface area contributed by atoms with Gasteiger partial charge in [-0.2, -0.15) is 0 Å². The molecule has 0 radical (unpaired) electrons. The molecule has 1 aromatic rings. The Balaban J connectivity index is 1.85. The molecule has 3 aliphatic heterocycles. The van der Waals surface area contributed by atoms with Crippen LogP contribution in [0.25, 0.3) is 0 Å². The van der Waals surface area contributed by atoms with Gasteiger partial charge in [0.25, 0.3) is 5.91 Å². The summed E-state index contributed by atoms with van der Waals surface area (Å²) in [6, 6.07) is 5.58. The highest BCUT2D eigenvalue weighted by Crippen LogP contribution is 2.68. The third-order valence-corrected chi connectivity index (χ3v) is 11.2. The number of thioether (sulfide) groups is 1. The summed E-state index contributed by atoms with van der Waals surface area (Å²) >= 11 is 11.8. The summed E-state index contributed by atoms with van der Waals surface area (Å²) in [5.74, 6) is -2.33. The number of hydrogen-bond donors (Lipinski definition) is 1. The molecule has 0 aromatic heterocycles. The van der Waals surface area contributed by atoms with E-state index in [0.29, 0.717) is 23.6 Å². The summed E-state index contributed by atoms with van der Waals surface area (Å²) in [4.78, 5) is 45.2. The Bertz CT molecular complexity index is 1120. The normalized spacial score (nSPS) is 30.3. The van der Waals surface area contributed by atoms with Gasteiger partial charge in [-0.05, 0) is 30.9 Å². The van der Waals surface area contributed by atoms with Crippen LogP contribution in [0.5, 0.6) is 0 Å². The summed E-state index contributed by atoms with van der Waals surface area (Å²) in [6.07, 6.45) is 4.16. The van der Waals surface area contributed by atoms with Gasteiger partial charge in [-0.1, -0.05) is 72.2 Å². The van der Waals surface area contributed by atoms with E-state index < -0.39 is 34.6 Å². The van der Waals surface area contributed by atoms with Crippen LogP contribution in [-0.2, 0) is 19.1 Å². The van der Waals surface area contributed by atoms with Gasteiger partial charge in [0.2, 0.25) is 5.91 Å². The predicted octanol–water partition coefficient (Wildman–Crippen LogP) is 4.46. The lowest BCUT2D eigenvalue weighted by Crippen LogP contribution is -2.58. The molecule has 3 saturated heterocycles. The maximum atomic E-state index is 14.6. The summed E-state index contributed by atoms with van der Waals surface area (Å²) in [5, 5.41) is 10.6. The van der Waals surface area contributed by atoms with Gasteiger partial charge in [0.05, 0.1) is 39.9 Å². The van der Waals surface area contributed by atoms with E-state index in [0.717, 1.165) is 0 Å². The topological polar surface area (TPSA) is 87.2 Å². The Morgan fingerprint density at radius 1 is 1.34 bits per heavy atom. The van der Waals surface area contributed by atoms with Gasteiger partial charge in [0, 0.05) is 16.6 Å². The maximum absolute atomic E-state index is 14.6. The highest BCUT2D eigenvalue weighted by atomic mass is 79.9. The molecule has 206 valence electrons. The van der Waals surface area contributed by atoms with Crippen molar-refractivity contribution in [2.24, 2.45) is 17.8 Å². The van der Waals surface area contributed by atoms with Crippen LogP contribution in [0.2, 0.25) is 5.02 Å². The fourth-order valence-corrected chi connectivity index (χ4v) is 10.1. The number of alkyl halides is 1. The number of likely N-dealkylation sites (tertiary alicyclic amines) is 1. The van der Waals surface area contributed by atoms with E-state index in [1.165, 1.54) is 17.8 Å². The Labute approximate surface area is 241 Å². The third-order valence-electron chi connectivity index (χ3n) is 7.65. The molecule has 3 fully saturated rings. The number of amides is 2. The minimum Gasteiger partial charge on any atom is -0.461 e. The van der Waals surface area contributed by atoms with Crippen molar-refractivity contribution in [1.82, 2.24) is 4.90 Å². The molecule has 38 heavy (non-hydrogen) atoms. The number of benzene rings is 1. The zero-order chi connectivity index (χ0) is 27.8. The fraction of sp³-hybridized carbons (Fsp3) is 0.536. The smallest absolute Gasteiger partial charge is 0.311 e. The second kappa shape index (κ2) is 11.7. The maximum Gasteiger partial charge on any atom is 0.311 e. The average Bonchev–Trinajstić information content (AvgIpc) is 3.47. The minimum atomic E-state index is -0.903. The van der Waals surface area contributed by atoms with E-state index in [2.05, 4.69) is 29.1 Å². The number of ether oxygens (including phenoxy) is 1. The zero-order valence-corrected chi connectivity index (χ0v) is 24.8. The largest absolute Gasteiger partial charge is 0.461 e. The first kappa shape index (κ1) is 29.2. The molecule has 0 saturated carbocycles. The van der Waals surface area contributed by atoms with Gasteiger partial charge in [-0.3, -0.25) is 14.4 Å². The number of esters is 1. The summed E-state index contributed by atoms with van der Waals surface area (Å²) in [5.41, 5.74) is 0.519. The van der Waals surface area contributed by atoms with E-state index in [-0.39, 0.29) is 47.6 Å². The molecule has 7 atom stereocenters. The van der Waals surface area contributed by atoms with E-state index in [9.17, 15) is 19.5 Å². The number of anilines is 1. The molecule has 0 aliphatic carbocycles. The molecule has 1 N–H and O–H groups in total. The number of fused-ring (bicyclic) bond motifs is 1. The van der Waals surface area contributed by atoms with E-state index in [1.54, 1.807) is 40.1 Å². The van der Waals surface area contributed by atoms with Gasteiger partial charge in [0.1, 0.15) is 12.6 Å². The first-order valence-corrected chi connectivity index (χ1v) is 15.0. The van der Waals surface area contributed by atoms with Crippen molar-refractivity contribution in [2.75, 3.05) is 24.7 Å². The quantitative estimate of drug-likeness (QED) is 0.222. The van der Waals surface area contributed by atoms with Crippen LogP contribution < -0.4 is 4.90 Å².